The molecule has 3 rings (SSSR count). The van der Waals surface area contributed by atoms with Gasteiger partial charge < -0.3 is 8.27 Å². The fourth-order valence-corrected chi connectivity index (χ4v) is 3.14. The summed E-state index contributed by atoms with van der Waals surface area (Å²) in [5.41, 5.74) is 2.54. The van der Waals surface area contributed by atoms with Crippen molar-refractivity contribution in [3.63, 3.8) is 0 Å². The highest BCUT2D eigenvalue weighted by Crippen LogP contribution is 2.27. The molecule has 1 heterocycles. The van der Waals surface area contributed by atoms with Gasteiger partial charge in [-0.05, 0) is 12.1 Å². The number of benzene rings is 2. The molecule has 15 heavy (non-hydrogen) atoms. The lowest BCUT2D eigenvalue weighted by atomic mass is 10.2. The molecular weight excluding hydrogens is 199 g/mol. The van der Waals surface area contributed by atoms with Crippen molar-refractivity contribution in [1.29, 1.82) is 0 Å². The van der Waals surface area contributed by atoms with Crippen molar-refractivity contribution in [2.24, 2.45) is 4.72 Å². The quantitative estimate of drug-likeness (QED) is 0.611. The van der Waals surface area contributed by atoms with Gasteiger partial charge in [0, 0.05) is 21.8 Å². The summed E-state index contributed by atoms with van der Waals surface area (Å²) in [6, 6.07) is 16.9. The van der Waals surface area contributed by atoms with Crippen LogP contribution in [0.15, 0.2) is 48.5 Å². The third-order valence-electron chi connectivity index (χ3n) is 2.86. The molecule has 2 N–H and O–H groups in total. The molecule has 0 aliphatic rings. The van der Waals surface area contributed by atoms with Crippen molar-refractivity contribution in [2.75, 3.05) is 0 Å². The first kappa shape index (κ1) is 8.99. The van der Waals surface area contributed by atoms with E-state index < -0.39 is 15.7 Å². The van der Waals surface area contributed by atoms with Crippen LogP contribution in [0.4, 0.5) is 0 Å². The van der Waals surface area contributed by atoms with Crippen LogP contribution in [0.25, 0.3) is 21.8 Å². The summed E-state index contributed by atoms with van der Waals surface area (Å²) in [4.78, 5) is 0. The van der Waals surface area contributed by atoms with Crippen molar-refractivity contribution < 1.29 is 0 Å². The van der Waals surface area contributed by atoms with Crippen molar-refractivity contribution in [1.82, 2.24) is 3.55 Å². The number of rotatable bonds is 1. The highest BCUT2D eigenvalue weighted by atomic mass is 27.1. The maximum absolute atomic E-state index is 5.93. The van der Waals surface area contributed by atoms with Crippen molar-refractivity contribution in [3.8, 4) is 0 Å². The van der Waals surface area contributed by atoms with Crippen molar-refractivity contribution >= 4 is 37.5 Å². The molecular formula is C12H11AlN2. The van der Waals surface area contributed by atoms with Gasteiger partial charge in [0.1, 0.15) is 0 Å². The van der Waals surface area contributed by atoms with Gasteiger partial charge in [-0.25, -0.2) is 0 Å². The van der Waals surface area contributed by atoms with Crippen LogP contribution in [0, 0.1) is 0 Å². The first-order valence-corrected chi connectivity index (χ1v) is 6.53. The molecule has 3 heteroatoms. The van der Waals surface area contributed by atoms with Gasteiger partial charge in [0.15, 0.2) is 0 Å². The van der Waals surface area contributed by atoms with Gasteiger partial charge in [-0.1, -0.05) is 36.4 Å². The molecule has 1 aromatic heterocycles. The summed E-state index contributed by atoms with van der Waals surface area (Å²) in [6.45, 7) is 0. The first-order chi connectivity index (χ1) is 7.42. The van der Waals surface area contributed by atoms with Gasteiger partial charge >= 0.3 is 15.7 Å². The lowest BCUT2D eigenvalue weighted by Gasteiger charge is -2.00. The summed E-state index contributed by atoms with van der Waals surface area (Å²) < 4.78 is 8.21. The Balaban J connectivity index is 2.62. The standard InChI is InChI=1S/C12H8N.Al.H2N.H/c1-3-7-11-9(5-1)10-6-2-4-8-12(10)13-11;;;/h1-8H;;1H2;/q-1;+2;-1;. The van der Waals surface area contributed by atoms with Gasteiger partial charge in [0.25, 0.3) is 0 Å². The van der Waals surface area contributed by atoms with E-state index in [-0.39, 0.29) is 0 Å². The van der Waals surface area contributed by atoms with Crippen LogP contribution in [0.2, 0.25) is 0 Å². The average Bonchev–Trinajstić information content (AvgIpc) is 2.63. The number of para-hydroxylation sites is 2. The van der Waals surface area contributed by atoms with Crippen LogP contribution in [0.5, 0.6) is 0 Å². The Morgan fingerprint density at radius 3 is 1.73 bits per heavy atom. The van der Waals surface area contributed by atoms with E-state index >= 15 is 0 Å². The van der Waals surface area contributed by atoms with E-state index in [2.05, 4.69) is 52.1 Å². The molecule has 0 spiro atoms. The van der Waals surface area contributed by atoms with E-state index in [1.165, 1.54) is 21.8 Å². The van der Waals surface area contributed by atoms with Crippen LogP contribution < -0.4 is 4.72 Å². The van der Waals surface area contributed by atoms with Crippen molar-refractivity contribution in [2.45, 2.75) is 0 Å². The molecule has 0 unspecified atom stereocenters. The molecule has 0 aliphatic carbocycles. The third-order valence-corrected chi connectivity index (χ3v) is 3.91. The zero-order valence-electron chi connectivity index (χ0n) is 8.35. The molecule has 0 radical (unpaired) electrons. The molecule has 2 aromatic carbocycles. The van der Waals surface area contributed by atoms with Gasteiger partial charge in [-0.2, -0.15) is 0 Å². The minimum absolute atomic E-state index is 0.694. The molecule has 0 fully saturated rings. The van der Waals surface area contributed by atoms with E-state index in [1.807, 2.05) is 0 Å². The smallest absolute Gasteiger partial charge is 0.423 e. The highest BCUT2D eigenvalue weighted by Gasteiger charge is 2.08. The molecule has 0 bridgehead atoms. The predicted octanol–water partition coefficient (Wildman–Crippen LogP) is 1.87. The maximum atomic E-state index is 5.93. The van der Waals surface area contributed by atoms with E-state index in [0.717, 1.165) is 0 Å². The summed E-state index contributed by atoms with van der Waals surface area (Å²) in [5, 5.41) is 2.62. The summed E-state index contributed by atoms with van der Waals surface area (Å²) in [7, 11) is 0. The van der Waals surface area contributed by atoms with E-state index in [0.29, 0.717) is 0 Å². The lowest BCUT2D eigenvalue weighted by molar-refractivity contribution is 1.34. The fraction of sp³-hybridized carbons (Fsp3) is 0. The predicted molar refractivity (Wildman–Crippen MR) is 66.2 cm³/mol. The van der Waals surface area contributed by atoms with Crippen LogP contribution in [0.3, 0.4) is 0 Å². The first-order valence-electron chi connectivity index (χ1n) is 5.08. The molecule has 0 saturated heterocycles. The summed E-state index contributed by atoms with van der Waals surface area (Å²) >= 11 is -0.694. The fourth-order valence-electron chi connectivity index (χ4n) is 2.20. The van der Waals surface area contributed by atoms with Gasteiger partial charge in [-0.15, -0.1) is 0 Å². The molecule has 0 saturated carbocycles. The molecule has 2 nitrogen and oxygen atoms in total. The van der Waals surface area contributed by atoms with Gasteiger partial charge in [0.2, 0.25) is 0 Å². The molecule has 0 amide bonds. The Morgan fingerprint density at radius 2 is 1.27 bits per heavy atom. The summed E-state index contributed by atoms with van der Waals surface area (Å²) in [6.07, 6.45) is 0. The lowest BCUT2D eigenvalue weighted by Crippen LogP contribution is -2.15. The number of hydrogen-bond donors (Lipinski definition) is 1. The molecule has 72 valence electrons. The largest absolute Gasteiger partial charge is 0.505 e. The topological polar surface area (TPSA) is 30.9 Å². The highest BCUT2D eigenvalue weighted by molar-refractivity contribution is 6.35. The second-order valence-electron chi connectivity index (χ2n) is 3.64. The number of nitrogens with two attached hydrogens (primary N) is 1. The Labute approximate surface area is 94.4 Å². The van der Waals surface area contributed by atoms with Crippen LogP contribution in [-0.2, 0) is 0 Å². The zero-order valence-corrected chi connectivity index (χ0v) is 9.76. The van der Waals surface area contributed by atoms with E-state index in [9.17, 15) is 0 Å². The Kier molecular flexibility index (Phi) is 2.03. The van der Waals surface area contributed by atoms with E-state index in [4.69, 9.17) is 4.72 Å². The second kappa shape index (κ2) is 3.39. The van der Waals surface area contributed by atoms with E-state index in [1.54, 1.807) is 0 Å². The Hall–Kier alpha value is -1.27. The SMILES string of the molecule is [NH2][AlH][n]1c2ccccc2c2ccccc21. The number of aromatic nitrogens is 1. The van der Waals surface area contributed by atoms with Crippen LogP contribution in [0.1, 0.15) is 0 Å². The van der Waals surface area contributed by atoms with Crippen LogP contribution in [-0.4, -0.2) is 19.2 Å². The third kappa shape index (κ3) is 1.22. The average molecular weight is 210 g/mol. The summed E-state index contributed by atoms with van der Waals surface area (Å²) in [5.74, 6) is 0. The van der Waals surface area contributed by atoms with Gasteiger partial charge in [-0.3, -0.25) is 0 Å². The monoisotopic (exact) mass is 210 g/mol. The Morgan fingerprint density at radius 1 is 0.800 bits per heavy atom. The molecule has 0 atom stereocenters. The second-order valence-corrected chi connectivity index (χ2v) is 4.64. The van der Waals surface area contributed by atoms with Crippen molar-refractivity contribution in [3.05, 3.63) is 48.5 Å². The molecule has 3 aromatic rings. The normalized spacial score (nSPS) is 11.0. The minimum atomic E-state index is -0.694. The number of nitrogens with zero attached hydrogens (tertiary/aromatic N) is 1. The van der Waals surface area contributed by atoms with Gasteiger partial charge in [0.05, 0.1) is 0 Å². The zero-order chi connectivity index (χ0) is 10.3. The maximum Gasteiger partial charge on any atom is 0.505 e. The Bertz CT molecular complexity index is 574. The number of fused-ring (bicyclic) bond motifs is 3. The molecule has 0 aliphatic heterocycles. The minimum Gasteiger partial charge on any atom is -0.423 e. The van der Waals surface area contributed by atoms with Crippen LogP contribution >= 0.6 is 0 Å². The number of hydrogen-bond acceptors (Lipinski definition) is 1.